The molecule has 2 rings (SSSR count). The first-order valence-corrected chi connectivity index (χ1v) is 7.49. The van der Waals surface area contributed by atoms with Crippen molar-refractivity contribution in [1.82, 2.24) is 15.3 Å². The van der Waals surface area contributed by atoms with Crippen LogP contribution in [0.3, 0.4) is 0 Å². The van der Waals surface area contributed by atoms with Gasteiger partial charge in [-0.05, 0) is 27.0 Å². The second-order valence-corrected chi connectivity index (χ2v) is 6.45. The number of hydrogen-bond donors (Lipinski definition) is 1. The first-order valence-electron chi connectivity index (χ1n) is 5.92. The van der Waals surface area contributed by atoms with Crippen molar-refractivity contribution in [2.45, 2.75) is 26.3 Å². The van der Waals surface area contributed by atoms with Gasteiger partial charge in [0.1, 0.15) is 0 Å². The van der Waals surface area contributed by atoms with Crippen LogP contribution >= 0.6 is 34.5 Å². The molecule has 102 valence electrons. The van der Waals surface area contributed by atoms with E-state index in [1.54, 1.807) is 23.6 Å². The number of nitrogens with one attached hydrogen (secondary N) is 1. The van der Waals surface area contributed by atoms with Crippen LogP contribution in [0.2, 0.25) is 10.0 Å². The van der Waals surface area contributed by atoms with Crippen molar-refractivity contribution < 1.29 is 0 Å². The molecule has 6 heteroatoms. The first-order chi connectivity index (χ1) is 9.01. The highest BCUT2D eigenvalue weighted by Crippen LogP contribution is 2.27. The molecule has 1 atom stereocenters. The fourth-order valence-electron chi connectivity index (χ4n) is 1.82. The van der Waals surface area contributed by atoms with Gasteiger partial charge in [0.15, 0.2) is 0 Å². The zero-order valence-electron chi connectivity index (χ0n) is 11.0. The largest absolute Gasteiger partial charge is 0.311 e. The third-order valence-electron chi connectivity index (χ3n) is 2.97. The van der Waals surface area contributed by atoms with Crippen LogP contribution in [-0.2, 0) is 6.42 Å². The Bertz CT molecular complexity index is 564. The molecule has 1 unspecified atom stereocenters. The van der Waals surface area contributed by atoms with E-state index in [-0.39, 0.29) is 6.04 Å². The van der Waals surface area contributed by atoms with Crippen LogP contribution < -0.4 is 5.32 Å². The van der Waals surface area contributed by atoms with Crippen molar-refractivity contribution >= 4 is 34.5 Å². The second-order valence-electron chi connectivity index (χ2n) is 4.32. The van der Waals surface area contributed by atoms with Gasteiger partial charge < -0.3 is 5.32 Å². The van der Waals surface area contributed by atoms with Crippen LogP contribution in [0.15, 0.2) is 12.3 Å². The van der Waals surface area contributed by atoms with Crippen molar-refractivity contribution in [3.63, 3.8) is 0 Å². The second kappa shape index (κ2) is 6.18. The van der Waals surface area contributed by atoms with Gasteiger partial charge in [-0.25, -0.2) is 4.98 Å². The summed E-state index contributed by atoms with van der Waals surface area (Å²) in [7, 11) is 1.89. The van der Waals surface area contributed by atoms with E-state index in [0.717, 1.165) is 22.8 Å². The molecule has 0 aliphatic rings. The van der Waals surface area contributed by atoms with Crippen LogP contribution in [-0.4, -0.2) is 17.0 Å². The van der Waals surface area contributed by atoms with E-state index >= 15 is 0 Å². The summed E-state index contributed by atoms with van der Waals surface area (Å²) >= 11 is 13.8. The Morgan fingerprint density at radius 1 is 1.37 bits per heavy atom. The minimum atomic E-state index is 0.0368. The highest BCUT2D eigenvalue weighted by atomic mass is 35.5. The molecular formula is C13H15Cl2N3S. The highest BCUT2D eigenvalue weighted by Gasteiger charge is 2.17. The molecule has 0 amide bonds. The molecule has 0 saturated heterocycles. The average Bonchev–Trinajstić information content (AvgIpc) is 2.66. The van der Waals surface area contributed by atoms with Gasteiger partial charge in [0.05, 0.1) is 32.5 Å². The van der Waals surface area contributed by atoms with E-state index < -0.39 is 0 Å². The Hall–Kier alpha value is -0.680. The Kier molecular flexibility index (Phi) is 4.79. The van der Waals surface area contributed by atoms with Crippen LogP contribution in [0.25, 0.3) is 0 Å². The molecule has 1 N–H and O–H groups in total. The van der Waals surface area contributed by atoms with Gasteiger partial charge in [-0.1, -0.05) is 23.2 Å². The van der Waals surface area contributed by atoms with E-state index in [0.29, 0.717) is 10.0 Å². The van der Waals surface area contributed by atoms with Gasteiger partial charge >= 0.3 is 0 Å². The maximum absolute atomic E-state index is 6.20. The lowest BCUT2D eigenvalue weighted by atomic mass is 10.1. The Labute approximate surface area is 127 Å². The summed E-state index contributed by atoms with van der Waals surface area (Å²) in [6, 6.07) is 1.75. The maximum atomic E-state index is 6.20. The Morgan fingerprint density at radius 3 is 2.63 bits per heavy atom. The predicted octanol–water partition coefficient (Wildman–Crippen LogP) is 3.96. The number of aryl methyl sites for hydroxylation is 2. The van der Waals surface area contributed by atoms with Crippen molar-refractivity contribution in [1.29, 1.82) is 0 Å². The molecule has 2 aromatic rings. The molecule has 0 spiro atoms. The molecule has 0 radical (unpaired) electrons. The summed E-state index contributed by atoms with van der Waals surface area (Å²) in [4.78, 5) is 10.1. The topological polar surface area (TPSA) is 37.8 Å². The molecule has 0 saturated carbocycles. The third kappa shape index (κ3) is 3.45. The highest BCUT2D eigenvalue weighted by molar-refractivity contribution is 7.11. The molecule has 0 aliphatic heterocycles. The van der Waals surface area contributed by atoms with Gasteiger partial charge in [0.25, 0.3) is 0 Å². The van der Waals surface area contributed by atoms with Crippen LogP contribution in [0.4, 0.5) is 0 Å². The average molecular weight is 316 g/mol. The normalized spacial score (nSPS) is 12.7. The molecule has 3 nitrogen and oxygen atoms in total. The predicted molar refractivity (Wildman–Crippen MR) is 81.3 cm³/mol. The fraction of sp³-hybridized carbons (Fsp3) is 0.385. The maximum Gasteiger partial charge on any atom is 0.0950 e. The van der Waals surface area contributed by atoms with Crippen molar-refractivity contribution in [3.8, 4) is 0 Å². The number of aromatic nitrogens is 2. The number of halogens is 2. The molecule has 2 aromatic heterocycles. The number of likely N-dealkylation sites (N-methyl/N-ethyl adjacent to an activating group) is 1. The van der Waals surface area contributed by atoms with E-state index in [2.05, 4.69) is 22.2 Å². The lowest BCUT2D eigenvalue weighted by Gasteiger charge is -2.15. The van der Waals surface area contributed by atoms with E-state index in [1.807, 2.05) is 14.0 Å². The molecule has 0 fully saturated rings. The van der Waals surface area contributed by atoms with Gasteiger partial charge in [-0.15, -0.1) is 11.3 Å². The number of hydrogen-bond acceptors (Lipinski definition) is 4. The Morgan fingerprint density at radius 2 is 2.11 bits per heavy atom. The summed E-state index contributed by atoms with van der Waals surface area (Å²) < 4.78 is 0. The van der Waals surface area contributed by atoms with E-state index in [9.17, 15) is 0 Å². The summed E-state index contributed by atoms with van der Waals surface area (Å²) in [5.74, 6) is 0. The summed E-state index contributed by atoms with van der Waals surface area (Å²) in [5, 5.41) is 5.44. The standard InChI is InChI=1S/C13H15Cl2N3S/c1-7-8(2)19-12(18-7)5-11(16-3)13-10(15)4-9(14)6-17-13/h4,6,11,16H,5H2,1-3H3. The molecule has 0 bridgehead atoms. The minimum Gasteiger partial charge on any atom is -0.311 e. The third-order valence-corrected chi connectivity index (χ3v) is 4.57. The number of rotatable bonds is 4. The summed E-state index contributed by atoms with van der Waals surface area (Å²) in [5.41, 5.74) is 1.89. The van der Waals surface area contributed by atoms with Crippen LogP contribution in [0, 0.1) is 13.8 Å². The number of thiazole rings is 1. The zero-order chi connectivity index (χ0) is 14.0. The first kappa shape index (κ1) is 14.7. The lowest BCUT2D eigenvalue weighted by Crippen LogP contribution is -2.20. The van der Waals surface area contributed by atoms with Crippen molar-refractivity contribution in [2.75, 3.05) is 7.05 Å². The SMILES string of the molecule is CNC(Cc1nc(C)c(C)s1)c1ncc(Cl)cc1Cl. The van der Waals surface area contributed by atoms with Gasteiger partial charge in [-0.2, -0.15) is 0 Å². The van der Waals surface area contributed by atoms with Crippen LogP contribution in [0.1, 0.15) is 27.3 Å². The van der Waals surface area contributed by atoms with Gasteiger partial charge in [0.2, 0.25) is 0 Å². The van der Waals surface area contributed by atoms with E-state index in [1.165, 1.54) is 4.88 Å². The monoisotopic (exact) mass is 315 g/mol. The fourth-order valence-corrected chi connectivity index (χ4v) is 3.31. The van der Waals surface area contributed by atoms with Gasteiger partial charge in [-0.3, -0.25) is 4.98 Å². The molecule has 0 aliphatic carbocycles. The Balaban J connectivity index is 2.24. The summed E-state index contributed by atoms with van der Waals surface area (Å²) in [6.45, 7) is 4.11. The quantitative estimate of drug-likeness (QED) is 0.927. The zero-order valence-corrected chi connectivity index (χ0v) is 13.3. The van der Waals surface area contributed by atoms with Crippen molar-refractivity contribution in [3.05, 3.63) is 43.6 Å². The van der Waals surface area contributed by atoms with Crippen LogP contribution in [0.5, 0.6) is 0 Å². The van der Waals surface area contributed by atoms with E-state index in [4.69, 9.17) is 23.2 Å². The summed E-state index contributed by atoms with van der Waals surface area (Å²) in [6.07, 6.45) is 2.38. The lowest BCUT2D eigenvalue weighted by molar-refractivity contribution is 0.574. The minimum absolute atomic E-state index is 0.0368. The molecule has 19 heavy (non-hydrogen) atoms. The van der Waals surface area contributed by atoms with Crippen molar-refractivity contribution in [2.24, 2.45) is 0 Å². The number of nitrogens with zero attached hydrogens (tertiary/aromatic N) is 2. The molecule has 2 heterocycles. The molecular weight excluding hydrogens is 301 g/mol. The van der Waals surface area contributed by atoms with Gasteiger partial charge in [0, 0.05) is 17.5 Å². The smallest absolute Gasteiger partial charge is 0.0950 e. The number of pyridine rings is 1. The molecule has 0 aromatic carbocycles.